The van der Waals surface area contributed by atoms with Crippen LogP contribution in [0.4, 0.5) is 24.5 Å². The Morgan fingerprint density at radius 2 is 1.95 bits per heavy atom. The molecule has 0 spiro atoms. The second-order valence-corrected chi connectivity index (χ2v) is 3.87. The third kappa shape index (κ3) is 3.14. The highest BCUT2D eigenvalue weighted by molar-refractivity contribution is 6.04. The summed E-state index contributed by atoms with van der Waals surface area (Å²) < 4.78 is 39.4. The van der Waals surface area contributed by atoms with Crippen molar-refractivity contribution < 1.29 is 22.9 Å². The topological polar surface area (TPSA) is 85.1 Å². The van der Waals surface area contributed by atoms with Crippen LogP contribution in [0, 0.1) is 27.7 Å². The van der Waals surface area contributed by atoms with Crippen LogP contribution in [0.25, 0.3) is 0 Å². The lowest BCUT2D eigenvalue weighted by Crippen LogP contribution is -2.15. The maximum atomic E-state index is 13.4. The Bertz CT molecular complexity index is 737. The van der Waals surface area contributed by atoms with E-state index >= 15 is 0 Å². The molecule has 1 heterocycles. The molecule has 0 unspecified atom stereocenters. The van der Waals surface area contributed by atoms with Crippen LogP contribution in [0.3, 0.4) is 0 Å². The van der Waals surface area contributed by atoms with Gasteiger partial charge in [-0.15, -0.1) is 0 Å². The molecule has 108 valence electrons. The number of nitro groups is 1. The molecule has 0 aliphatic heterocycles. The fourth-order valence-corrected chi connectivity index (χ4v) is 1.54. The smallest absolute Gasteiger partial charge is 0.274 e. The molecule has 0 atom stereocenters. The number of benzene rings is 1. The molecule has 0 saturated carbocycles. The Labute approximate surface area is 115 Å². The monoisotopic (exact) mass is 297 g/mol. The molecule has 1 aromatic carbocycles. The summed E-state index contributed by atoms with van der Waals surface area (Å²) in [5.41, 5.74) is -1.51. The minimum absolute atomic E-state index is 0.261. The first-order valence-corrected chi connectivity index (χ1v) is 5.45. The second-order valence-electron chi connectivity index (χ2n) is 3.87. The van der Waals surface area contributed by atoms with Crippen molar-refractivity contribution in [1.29, 1.82) is 0 Å². The molecule has 21 heavy (non-hydrogen) atoms. The minimum atomic E-state index is -1.47. The predicted molar refractivity (Wildman–Crippen MR) is 65.2 cm³/mol. The number of rotatable bonds is 3. The summed E-state index contributed by atoms with van der Waals surface area (Å²) in [5, 5.41) is 12.6. The zero-order valence-electron chi connectivity index (χ0n) is 10.1. The van der Waals surface area contributed by atoms with E-state index in [1.807, 2.05) is 5.32 Å². The van der Waals surface area contributed by atoms with E-state index in [4.69, 9.17) is 0 Å². The zero-order chi connectivity index (χ0) is 15.6. The first-order valence-electron chi connectivity index (χ1n) is 5.45. The first-order chi connectivity index (χ1) is 9.88. The standard InChI is InChI=1S/C12H6F3N3O3/c13-6-3-7(5-8(4-6)18(20)21)17-12(19)9-1-2-16-11(15)10(9)14/h1-5H,(H,17,19). The van der Waals surface area contributed by atoms with Gasteiger partial charge in [-0.3, -0.25) is 14.9 Å². The third-order valence-electron chi connectivity index (χ3n) is 2.44. The average Bonchev–Trinajstić information content (AvgIpc) is 2.41. The summed E-state index contributed by atoms with van der Waals surface area (Å²) in [5.74, 6) is -4.98. The van der Waals surface area contributed by atoms with E-state index in [0.29, 0.717) is 6.07 Å². The highest BCUT2D eigenvalue weighted by Crippen LogP contribution is 2.21. The Morgan fingerprint density at radius 1 is 1.24 bits per heavy atom. The van der Waals surface area contributed by atoms with Crippen LogP contribution in [0.2, 0.25) is 0 Å². The van der Waals surface area contributed by atoms with Gasteiger partial charge in [0.25, 0.3) is 11.6 Å². The van der Waals surface area contributed by atoms with Crippen molar-refractivity contribution in [2.45, 2.75) is 0 Å². The first kappa shape index (κ1) is 14.4. The lowest BCUT2D eigenvalue weighted by Gasteiger charge is -2.06. The summed E-state index contributed by atoms with van der Waals surface area (Å²) >= 11 is 0. The van der Waals surface area contributed by atoms with Crippen molar-refractivity contribution in [3.8, 4) is 0 Å². The number of nitrogens with one attached hydrogen (secondary N) is 1. The number of halogens is 3. The molecule has 0 radical (unpaired) electrons. The van der Waals surface area contributed by atoms with E-state index in [-0.39, 0.29) is 5.69 Å². The quantitative estimate of drug-likeness (QED) is 0.536. The Hall–Kier alpha value is -2.97. The lowest BCUT2D eigenvalue weighted by molar-refractivity contribution is -0.385. The van der Waals surface area contributed by atoms with E-state index in [1.54, 1.807) is 0 Å². The molecule has 6 nitrogen and oxygen atoms in total. The molecular weight excluding hydrogens is 291 g/mol. The third-order valence-corrected chi connectivity index (χ3v) is 2.44. The number of amides is 1. The number of non-ortho nitro benzene ring substituents is 1. The molecule has 2 aromatic rings. The molecule has 0 aliphatic rings. The zero-order valence-corrected chi connectivity index (χ0v) is 10.1. The SMILES string of the molecule is O=C(Nc1cc(F)cc([N+](=O)[O-])c1)c1ccnc(F)c1F. The summed E-state index contributed by atoms with van der Waals surface area (Å²) in [6, 6.07) is 3.26. The van der Waals surface area contributed by atoms with E-state index < -0.39 is 39.7 Å². The number of carbonyl (C=O) groups excluding carboxylic acids is 1. The van der Waals surface area contributed by atoms with Crippen molar-refractivity contribution in [1.82, 2.24) is 4.98 Å². The number of anilines is 1. The van der Waals surface area contributed by atoms with Crippen molar-refractivity contribution >= 4 is 17.3 Å². The van der Waals surface area contributed by atoms with Gasteiger partial charge >= 0.3 is 0 Å². The summed E-state index contributed by atoms with van der Waals surface area (Å²) in [4.78, 5) is 24.5. The van der Waals surface area contributed by atoms with Crippen LogP contribution in [0.1, 0.15) is 10.4 Å². The van der Waals surface area contributed by atoms with Gasteiger partial charge in [0.2, 0.25) is 5.95 Å². The van der Waals surface area contributed by atoms with Gasteiger partial charge in [-0.1, -0.05) is 0 Å². The van der Waals surface area contributed by atoms with Gasteiger partial charge in [0, 0.05) is 12.3 Å². The van der Waals surface area contributed by atoms with Gasteiger partial charge in [0.05, 0.1) is 22.2 Å². The lowest BCUT2D eigenvalue weighted by atomic mass is 10.2. The maximum absolute atomic E-state index is 13.4. The van der Waals surface area contributed by atoms with Gasteiger partial charge < -0.3 is 5.32 Å². The van der Waals surface area contributed by atoms with E-state index in [9.17, 15) is 28.1 Å². The average molecular weight is 297 g/mol. The summed E-state index contributed by atoms with van der Waals surface area (Å²) in [6.07, 6.45) is 0.876. The van der Waals surface area contributed by atoms with Crippen LogP contribution in [-0.4, -0.2) is 15.8 Å². The van der Waals surface area contributed by atoms with E-state index in [1.165, 1.54) is 0 Å². The predicted octanol–water partition coefficient (Wildman–Crippen LogP) is 2.66. The highest BCUT2D eigenvalue weighted by atomic mass is 19.2. The molecule has 0 fully saturated rings. The molecule has 2 rings (SSSR count). The van der Waals surface area contributed by atoms with Crippen LogP contribution >= 0.6 is 0 Å². The van der Waals surface area contributed by atoms with Crippen molar-refractivity contribution in [2.24, 2.45) is 0 Å². The number of hydrogen-bond acceptors (Lipinski definition) is 4. The second kappa shape index (κ2) is 5.57. The number of pyridine rings is 1. The van der Waals surface area contributed by atoms with Gasteiger partial charge in [-0.05, 0) is 12.1 Å². The number of aromatic nitrogens is 1. The van der Waals surface area contributed by atoms with Gasteiger partial charge in [0.15, 0.2) is 5.82 Å². The van der Waals surface area contributed by atoms with E-state index in [0.717, 1.165) is 24.4 Å². The number of nitrogens with zero attached hydrogens (tertiary/aromatic N) is 2. The van der Waals surface area contributed by atoms with Crippen LogP contribution in [-0.2, 0) is 0 Å². The molecule has 1 amide bonds. The summed E-state index contributed by atoms with van der Waals surface area (Å²) in [7, 11) is 0. The van der Waals surface area contributed by atoms with Gasteiger partial charge in [0.1, 0.15) is 5.82 Å². The minimum Gasteiger partial charge on any atom is -0.322 e. The largest absolute Gasteiger partial charge is 0.322 e. The fourth-order valence-electron chi connectivity index (χ4n) is 1.54. The van der Waals surface area contributed by atoms with Crippen molar-refractivity contribution in [3.05, 3.63) is 63.7 Å². The van der Waals surface area contributed by atoms with E-state index in [2.05, 4.69) is 4.98 Å². The maximum Gasteiger partial charge on any atom is 0.274 e. The number of hydrogen-bond donors (Lipinski definition) is 1. The Balaban J connectivity index is 2.31. The van der Waals surface area contributed by atoms with Gasteiger partial charge in [-0.2, -0.15) is 4.39 Å². The van der Waals surface area contributed by atoms with Crippen LogP contribution < -0.4 is 5.32 Å². The van der Waals surface area contributed by atoms with Gasteiger partial charge in [-0.25, -0.2) is 13.8 Å². The highest BCUT2D eigenvalue weighted by Gasteiger charge is 2.18. The Kier molecular flexibility index (Phi) is 3.83. The molecule has 0 aliphatic carbocycles. The number of carbonyl (C=O) groups is 1. The van der Waals surface area contributed by atoms with Crippen molar-refractivity contribution in [2.75, 3.05) is 5.32 Å². The molecule has 1 N–H and O–H groups in total. The fraction of sp³-hybridized carbons (Fsp3) is 0. The molecule has 9 heteroatoms. The van der Waals surface area contributed by atoms with Crippen LogP contribution in [0.15, 0.2) is 30.5 Å². The normalized spacial score (nSPS) is 10.2. The molecule has 0 bridgehead atoms. The Morgan fingerprint density at radius 3 is 2.62 bits per heavy atom. The molecule has 0 saturated heterocycles. The van der Waals surface area contributed by atoms with Crippen LogP contribution in [0.5, 0.6) is 0 Å². The van der Waals surface area contributed by atoms with Crippen molar-refractivity contribution in [3.63, 3.8) is 0 Å². The molecule has 1 aromatic heterocycles. The number of nitro benzene ring substituents is 1. The summed E-state index contributed by atoms with van der Waals surface area (Å²) in [6.45, 7) is 0. The molecular formula is C12H6F3N3O3.